The van der Waals surface area contributed by atoms with Crippen LogP contribution >= 0.6 is 0 Å². The number of ether oxygens (including phenoxy) is 3. The second-order valence-electron chi connectivity index (χ2n) is 9.06. The molecule has 4 unspecified atom stereocenters. The lowest BCUT2D eigenvalue weighted by atomic mass is 9.65. The van der Waals surface area contributed by atoms with E-state index in [9.17, 15) is 9.59 Å². The summed E-state index contributed by atoms with van der Waals surface area (Å²) in [5.41, 5.74) is -0.861. The Morgan fingerprint density at radius 1 is 1.29 bits per heavy atom. The third kappa shape index (κ3) is 3.61. The topological polar surface area (TPSA) is 61.8 Å². The van der Waals surface area contributed by atoms with Crippen LogP contribution in [0.4, 0.5) is 0 Å². The van der Waals surface area contributed by atoms with Gasteiger partial charge in [-0.2, -0.15) is 0 Å². The van der Waals surface area contributed by atoms with Gasteiger partial charge in [0.25, 0.3) is 0 Å². The van der Waals surface area contributed by atoms with Crippen LogP contribution in [0.2, 0.25) is 0 Å². The van der Waals surface area contributed by atoms with Gasteiger partial charge in [0.2, 0.25) is 0 Å². The highest BCUT2D eigenvalue weighted by molar-refractivity contribution is 5.75. The van der Waals surface area contributed by atoms with Gasteiger partial charge in [0, 0.05) is 6.42 Å². The third-order valence-electron chi connectivity index (χ3n) is 5.74. The lowest BCUT2D eigenvalue weighted by molar-refractivity contribution is -0.199. The molecule has 2 aliphatic heterocycles. The quantitative estimate of drug-likeness (QED) is 0.548. The van der Waals surface area contributed by atoms with E-state index in [2.05, 4.69) is 13.8 Å². The molecule has 4 rings (SSSR count). The van der Waals surface area contributed by atoms with Crippen LogP contribution < -0.4 is 0 Å². The van der Waals surface area contributed by atoms with Crippen molar-refractivity contribution < 1.29 is 23.8 Å². The van der Waals surface area contributed by atoms with Gasteiger partial charge in [-0.1, -0.05) is 13.8 Å². The molecule has 0 aromatic carbocycles. The molecule has 4 aliphatic rings. The van der Waals surface area contributed by atoms with Crippen LogP contribution in [0.15, 0.2) is 0 Å². The monoisotopic (exact) mass is 338 g/mol. The van der Waals surface area contributed by atoms with Gasteiger partial charge in [-0.25, -0.2) is 0 Å². The molecule has 0 spiro atoms. The standard InChI is InChI=1S/C19H30O5/c1-12(2)7-18(3,4)17(21)22-11-23-19-8-13-5-14(9-19)16(20)24-15(6-13)10-19/h12-15H,5-11H2,1-4H3. The minimum atomic E-state index is -0.505. The first-order chi connectivity index (χ1) is 11.2. The highest BCUT2D eigenvalue weighted by Crippen LogP contribution is 2.51. The fourth-order valence-corrected chi connectivity index (χ4v) is 5.06. The second-order valence-corrected chi connectivity index (χ2v) is 9.06. The predicted molar refractivity (Wildman–Crippen MR) is 88.0 cm³/mol. The SMILES string of the molecule is CC(C)CC(C)(C)C(=O)OCOC12CC3CC(C1)OC(=O)C(C3)C2. The smallest absolute Gasteiger partial charge is 0.313 e. The summed E-state index contributed by atoms with van der Waals surface area (Å²) in [5, 5.41) is 0. The molecule has 5 heteroatoms. The van der Waals surface area contributed by atoms with E-state index in [-0.39, 0.29) is 36.4 Å². The highest BCUT2D eigenvalue weighted by Gasteiger charge is 2.53. The van der Waals surface area contributed by atoms with Crippen molar-refractivity contribution in [2.75, 3.05) is 6.79 Å². The summed E-state index contributed by atoms with van der Waals surface area (Å²) in [6.07, 6.45) is 5.01. The Kier molecular flexibility index (Phi) is 4.67. The van der Waals surface area contributed by atoms with Crippen molar-refractivity contribution >= 4 is 11.9 Å². The summed E-state index contributed by atoms with van der Waals surface area (Å²) in [6, 6.07) is 0. The fraction of sp³-hybridized carbons (Fsp3) is 0.895. The minimum absolute atomic E-state index is 0.0271. The molecule has 136 valence electrons. The Bertz CT molecular complexity index is 512. The van der Waals surface area contributed by atoms with Gasteiger partial charge in [-0.05, 0) is 57.8 Å². The summed E-state index contributed by atoms with van der Waals surface area (Å²) < 4.78 is 17.1. The van der Waals surface area contributed by atoms with Crippen LogP contribution in [-0.2, 0) is 23.8 Å². The minimum Gasteiger partial charge on any atom is -0.462 e. The molecule has 4 bridgehead atoms. The van der Waals surface area contributed by atoms with Gasteiger partial charge in [-0.15, -0.1) is 0 Å². The molecule has 5 nitrogen and oxygen atoms in total. The molecule has 4 fully saturated rings. The first-order valence-electron chi connectivity index (χ1n) is 9.21. The van der Waals surface area contributed by atoms with Crippen molar-refractivity contribution in [1.82, 2.24) is 0 Å². The average molecular weight is 338 g/mol. The summed E-state index contributed by atoms with van der Waals surface area (Å²) in [7, 11) is 0. The first-order valence-corrected chi connectivity index (χ1v) is 9.21. The molecule has 2 aliphatic carbocycles. The van der Waals surface area contributed by atoms with Gasteiger partial charge in [0.1, 0.15) is 6.10 Å². The molecule has 2 saturated carbocycles. The highest BCUT2D eigenvalue weighted by atomic mass is 16.7. The molecule has 2 heterocycles. The van der Waals surface area contributed by atoms with Crippen molar-refractivity contribution in [3.63, 3.8) is 0 Å². The first kappa shape index (κ1) is 17.7. The molecule has 24 heavy (non-hydrogen) atoms. The van der Waals surface area contributed by atoms with Crippen LogP contribution in [0.5, 0.6) is 0 Å². The predicted octanol–water partition coefficient (Wildman–Crippen LogP) is 3.45. The number of carbonyl (C=O) groups excluding carboxylic acids is 2. The van der Waals surface area contributed by atoms with E-state index in [1.807, 2.05) is 13.8 Å². The second kappa shape index (κ2) is 6.32. The van der Waals surface area contributed by atoms with Crippen LogP contribution in [0.1, 0.15) is 66.2 Å². The molecule has 0 aromatic rings. The molecule has 4 atom stereocenters. The Morgan fingerprint density at radius 2 is 2.04 bits per heavy atom. The zero-order valence-electron chi connectivity index (χ0n) is 15.3. The summed E-state index contributed by atoms with van der Waals surface area (Å²) in [5.74, 6) is 0.587. The zero-order valence-corrected chi connectivity index (χ0v) is 15.3. The Labute approximate surface area is 144 Å². The van der Waals surface area contributed by atoms with Gasteiger partial charge in [0.05, 0.1) is 16.9 Å². The van der Waals surface area contributed by atoms with Crippen LogP contribution in [-0.4, -0.2) is 30.4 Å². The molecule has 0 amide bonds. The van der Waals surface area contributed by atoms with E-state index in [4.69, 9.17) is 14.2 Å². The number of carbonyl (C=O) groups is 2. The summed E-state index contributed by atoms with van der Waals surface area (Å²) in [4.78, 5) is 24.4. The number of fused-ring (bicyclic) bond motifs is 1. The third-order valence-corrected chi connectivity index (χ3v) is 5.74. The number of hydrogen-bond acceptors (Lipinski definition) is 5. The van der Waals surface area contributed by atoms with E-state index in [1.165, 1.54) is 0 Å². The Balaban J connectivity index is 1.57. The maximum Gasteiger partial charge on any atom is 0.313 e. The van der Waals surface area contributed by atoms with E-state index >= 15 is 0 Å². The molecule has 0 radical (unpaired) electrons. The summed E-state index contributed by atoms with van der Waals surface area (Å²) in [6.45, 7) is 8.00. The van der Waals surface area contributed by atoms with Gasteiger partial charge >= 0.3 is 11.9 Å². The normalized spacial score (nSPS) is 35.0. The van der Waals surface area contributed by atoms with E-state index < -0.39 is 5.41 Å². The maximum absolute atomic E-state index is 12.3. The number of hydrogen-bond donors (Lipinski definition) is 0. The number of esters is 2. The molecular weight excluding hydrogens is 308 g/mol. The van der Waals surface area contributed by atoms with Crippen molar-refractivity contribution in [1.29, 1.82) is 0 Å². The lowest BCUT2D eigenvalue weighted by Gasteiger charge is -2.45. The zero-order chi connectivity index (χ0) is 17.5. The largest absolute Gasteiger partial charge is 0.462 e. The van der Waals surface area contributed by atoms with Crippen molar-refractivity contribution in [3.05, 3.63) is 0 Å². The van der Waals surface area contributed by atoms with Gasteiger partial charge in [0.15, 0.2) is 6.79 Å². The molecule has 0 aromatic heterocycles. The maximum atomic E-state index is 12.3. The molecule has 2 saturated heterocycles. The van der Waals surface area contributed by atoms with Crippen LogP contribution in [0.25, 0.3) is 0 Å². The fourth-order valence-electron chi connectivity index (χ4n) is 5.06. The van der Waals surface area contributed by atoms with Crippen molar-refractivity contribution in [2.45, 2.75) is 77.9 Å². The number of rotatable bonds is 6. The van der Waals surface area contributed by atoms with Crippen molar-refractivity contribution in [3.8, 4) is 0 Å². The van der Waals surface area contributed by atoms with E-state index in [0.29, 0.717) is 18.3 Å². The van der Waals surface area contributed by atoms with E-state index in [0.717, 1.165) is 32.1 Å². The lowest BCUT2D eigenvalue weighted by Crippen LogP contribution is -2.47. The van der Waals surface area contributed by atoms with Crippen LogP contribution in [0, 0.1) is 23.2 Å². The Morgan fingerprint density at radius 3 is 2.75 bits per heavy atom. The van der Waals surface area contributed by atoms with E-state index in [1.54, 1.807) is 0 Å². The average Bonchev–Trinajstić information content (AvgIpc) is 2.59. The molecular formula is C19H30O5. The van der Waals surface area contributed by atoms with Crippen molar-refractivity contribution in [2.24, 2.45) is 23.2 Å². The van der Waals surface area contributed by atoms with Gasteiger partial charge in [-0.3, -0.25) is 9.59 Å². The molecule has 0 N–H and O–H groups in total. The van der Waals surface area contributed by atoms with Gasteiger partial charge < -0.3 is 14.2 Å². The summed E-state index contributed by atoms with van der Waals surface area (Å²) >= 11 is 0. The van der Waals surface area contributed by atoms with Crippen LogP contribution in [0.3, 0.4) is 0 Å². The Hall–Kier alpha value is -1.10.